The first-order valence-corrected chi connectivity index (χ1v) is 10.9. The van der Waals surface area contributed by atoms with Gasteiger partial charge in [-0.05, 0) is 55.5 Å². The van der Waals surface area contributed by atoms with Gasteiger partial charge in [-0.1, -0.05) is 24.8 Å². The highest BCUT2D eigenvalue weighted by atomic mass is 32.2. The molecule has 29 heavy (non-hydrogen) atoms. The molecule has 5 rings (SSSR count). The van der Waals surface area contributed by atoms with Gasteiger partial charge in [-0.25, -0.2) is 4.99 Å². The van der Waals surface area contributed by atoms with Crippen LogP contribution in [0.5, 0.6) is 5.75 Å². The first-order valence-electron chi connectivity index (χ1n) is 9.98. The van der Waals surface area contributed by atoms with Gasteiger partial charge in [-0.15, -0.1) is 0 Å². The van der Waals surface area contributed by atoms with Crippen LogP contribution in [0.3, 0.4) is 0 Å². The predicted octanol–water partition coefficient (Wildman–Crippen LogP) is 5.33. The fourth-order valence-electron chi connectivity index (χ4n) is 3.97. The standard InChI is InChI=1S/C23H23N3O2S/c1-3-27-17-9-7-16(8-10-17)19-11-12-20(28-19)22-21(18-6-4-5-13-24-18)25-23-26(22)14-15(2)29-23/h4-13,15,21-22H,3,14H2,1-2H3/t15-,21+,22-/m0/s1. The van der Waals surface area contributed by atoms with Crippen LogP contribution in [-0.4, -0.2) is 33.5 Å². The number of rotatable bonds is 5. The highest BCUT2D eigenvalue weighted by Crippen LogP contribution is 2.48. The minimum Gasteiger partial charge on any atom is -0.494 e. The number of furan rings is 1. The van der Waals surface area contributed by atoms with E-state index in [4.69, 9.17) is 14.1 Å². The fourth-order valence-corrected chi connectivity index (χ4v) is 5.07. The van der Waals surface area contributed by atoms with Crippen molar-refractivity contribution in [3.05, 3.63) is 72.2 Å². The third-order valence-corrected chi connectivity index (χ3v) is 6.35. The molecule has 2 aromatic heterocycles. The number of nitrogens with zero attached hydrogens (tertiary/aromatic N) is 3. The van der Waals surface area contributed by atoms with Gasteiger partial charge >= 0.3 is 0 Å². The molecule has 3 atom stereocenters. The van der Waals surface area contributed by atoms with E-state index < -0.39 is 0 Å². The lowest BCUT2D eigenvalue weighted by Crippen LogP contribution is -2.28. The zero-order valence-electron chi connectivity index (χ0n) is 16.5. The van der Waals surface area contributed by atoms with Crippen molar-refractivity contribution < 1.29 is 9.15 Å². The molecular weight excluding hydrogens is 382 g/mol. The van der Waals surface area contributed by atoms with Crippen molar-refractivity contribution in [3.63, 3.8) is 0 Å². The van der Waals surface area contributed by atoms with E-state index in [1.54, 1.807) is 0 Å². The molecule has 5 nitrogen and oxygen atoms in total. The van der Waals surface area contributed by atoms with Crippen LogP contribution in [0.15, 0.2) is 70.2 Å². The van der Waals surface area contributed by atoms with Crippen LogP contribution in [-0.2, 0) is 0 Å². The maximum atomic E-state index is 6.36. The molecule has 0 spiro atoms. The van der Waals surface area contributed by atoms with Gasteiger partial charge in [0.15, 0.2) is 5.17 Å². The van der Waals surface area contributed by atoms with E-state index >= 15 is 0 Å². The average molecular weight is 406 g/mol. The Bertz CT molecular complexity index is 1020. The Balaban J connectivity index is 1.47. The molecule has 0 aliphatic carbocycles. The number of benzene rings is 1. The van der Waals surface area contributed by atoms with Crippen molar-refractivity contribution in [1.82, 2.24) is 9.88 Å². The van der Waals surface area contributed by atoms with E-state index in [0.29, 0.717) is 11.9 Å². The van der Waals surface area contributed by atoms with Gasteiger partial charge < -0.3 is 14.1 Å². The third-order valence-electron chi connectivity index (χ3n) is 5.25. The Labute approximate surface area is 174 Å². The number of fused-ring (bicyclic) bond motifs is 1. The van der Waals surface area contributed by atoms with Crippen LogP contribution >= 0.6 is 11.8 Å². The smallest absolute Gasteiger partial charge is 0.161 e. The Morgan fingerprint density at radius 1 is 1.14 bits per heavy atom. The van der Waals surface area contributed by atoms with Gasteiger partial charge in [0.25, 0.3) is 0 Å². The minimum atomic E-state index is -0.0504. The fraction of sp³-hybridized carbons (Fsp3) is 0.304. The SMILES string of the molecule is CCOc1ccc(-c2ccc([C@H]3[C@@H](c4ccccn4)N=C4S[C@@H](C)CN43)o2)cc1. The van der Waals surface area contributed by atoms with E-state index in [1.807, 2.05) is 73.4 Å². The van der Waals surface area contributed by atoms with E-state index in [1.165, 1.54) is 0 Å². The summed E-state index contributed by atoms with van der Waals surface area (Å²) in [5, 5.41) is 1.62. The van der Waals surface area contributed by atoms with E-state index in [2.05, 4.69) is 22.9 Å². The zero-order valence-corrected chi connectivity index (χ0v) is 17.3. The van der Waals surface area contributed by atoms with Crippen LogP contribution < -0.4 is 4.74 Å². The van der Waals surface area contributed by atoms with Crippen LogP contribution in [0.1, 0.15) is 37.4 Å². The Morgan fingerprint density at radius 3 is 2.76 bits per heavy atom. The van der Waals surface area contributed by atoms with Gasteiger partial charge in [-0.2, -0.15) is 0 Å². The van der Waals surface area contributed by atoms with Crippen LogP contribution in [0.2, 0.25) is 0 Å². The van der Waals surface area contributed by atoms with Crippen molar-refractivity contribution in [2.75, 3.05) is 13.2 Å². The van der Waals surface area contributed by atoms with Crippen LogP contribution in [0.25, 0.3) is 11.3 Å². The van der Waals surface area contributed by atoms with Crippen molar-refractivity contribution in [2.45, 2.75) is 31.2 Å². The lowest BCUT2D eigenvalue weighted by molar-refractivity contribution is 0.277. The second-order valence-corrected chi connectivity index (χ2v) is 8.70. The van der Waals surface area contributed by atoms with Crippen LogP contribution in [0, 0.1) is 0 Å². The third kappa shape index (κ3) is 3.42. The maximum Gasteiger partial charge on any atom is 0.161 e. The topological polar surface area (TPSA) is 50.9 Å². The monoisotopic (exact) mass is 405 g/mol. The van der Waals surface area contributed by atoms with Crippen molar-refractivity contribution >= 4 is 16.9 Å². The van der Waals surface area contributed by atoms with E-state index in [-0.39, 0.29) is 12.1 Å². The second-order valence-electron chi connectivity index (χ2n) is 7.30. The van der Waals surface area contributed by atoms with Gasteiger partial charge in [0.1, 0.15) is 29.4 Å². The molecule has 0 N–H and O–H groups in total. The average Bonchev–Trinajstić information content (AvgIpc) is 3.43. The molecule has 4 heterocycles. The van der Waals surface area contributed by atoms with Gasteiger partial charge in [0.2, 0.25) is 0 Å². The van der Waals surface area contributed by atoms with E-state index in [9.17, 15) is 0 Å². The molecule has 1 saturated heterocycles. The van der Waals surface area contributed by atoms with Crippen LogP contribution in [0.4, 0.5) is 0 Å². The molecule has 1 fully saturated rings. The molecule has 0 radical (unpaired) electrons. The molecule has 3 aromatic rings. The van der Waals surface area contributed by atoms with E-state index in [0.717, 1.165) is 40.2 Å². The molecule has 0 saturated carbocycles. The first-order chi connectivity index (χ1) is 14.2. The highest BCUT2D eigenvalue weighted by Gasteiger charge is 2.45. The summed E-state index contributed by atoms with van der Waals surface area (Å²) >= 11 is 1.83. The Hall–Kier alpha value is -2.73. The number of ether oxygens (including phenoxy) is 1. The summed E-state index contributed by atoms with van der Waals surface area (Å²) in [7, 11) is 0. The first kappa shape index (κ1) is 18.3. The predicted molar refractivity (Wildman–Crippen MR) is 116 cm³/mol. The minimum absolute atomic E-state index is 0.0359. The molecule has 0 amide bonds. The summed E-state index contributed by atoms with van der Waals surface area (Å²) in [5.74, 6) is 2.66. The summed E-state index contributed by atoms with van der Waals surface area (Å²) in [5.41, 5.74) is 2.02. The largest absolute Gasteiger partial charge is 0.494 e. The van der Waals surface area contributed by atoms with Crippen molar-refractivity contribution in [2.24, 2.45) is 4.99 Å². The summed E-state index contributed by atoms with van der Waals surface area (Å²) < 4.78 is 11.9. The Kier molecular flexibility index (Phi) is 4.79. The number of aromatic nitrogens is 1. The highest BCUT2D eigenvalue weighted by molar-refractivity contribution is 8.14. The van der Waals surface area contributed by atoms with Gasteiger partial charge in [0, 0.05) is 23.6 Å². The normalized spacial score (nSPS) is 23.2. The zero-order chi connectivity index (χ0) is 19.8. The molecule has 2 aliphatic heterocycles. The summed E-state index contributed by atoms with van der Waals surface area (Å²) in [6.45, 7) is 5.86. The summed E-state index contributed by atoms with van der Waals surface area (Å²) in [6, 6.07) is 18.2. The quantitative estimate of drug-likeness (QED) is 0.574. The summed E-state index contributed by atoms with van der Waals surface area (Å²) in [6.07, 6.45) is 1.83. The molecule has 2 aliphatic rings. The van der Waals surface area contributed by atoms with Crippen molar-refractivity contribution in [3.8, 4) is 17.1 Å². The van der Waals surface area contributed by atoms with Gasteiger partial charge in [-0.3, -0.25) is 4.98 Å². The number of amidine groups is 1. The Morgan fingerprint density at radius 2 is 2.00 bits per heavy atom. The molecule has 6 heteroatoms. The number of thioether (sulfide) groups is 1. The number of hydrogen-bond donors (Lipinski definition) is 0. The van der Waals surface area contributed by atoms with Gasteiger partial charge in [0.05, 0.1) is 12.3 Å². The lowest BCUT2D eigenvalue weighted by Gasteiger charge is -2.25. The molecule has 0 bridgehead atoms. The molecule has 1 aromatic carbocycles. The summed E-state index contributed by atoms with van der Waals surface area (Å²) in [4.78, 5) is 12.0. The second kappa shape index (κ2) is 7.59. The molecular formula is C23H23N3O2S. The number of aliphatic imine (C=N–C) groups is 1. The molecule has 0 unspecified atom stereocenters. The maximum absolute atomic E-state index is 6.36. The number of pyridine rings is 1. The molecule has 148 valence electrons. The lowest BCUT2D eigenvalue weighted by atomic mass is 10.0. The van der Waals surface area contributed by atoms with Crippen molar-refractivity contribution in [1.29, 1.82) is 0 Å². The number of hydrogen-bond acceptors (Lipinski definition) is 6.